The Bertz CT molecular complexity index is 1370. The minimum Gasteiger partial charge on any atom is -0.440 e. The highest BCUT2D eigenvalue weighted by Gasteiger charge is 2.11. The first-order chi connectivity index (χ1) is 15.1. The molecule has 1 aromatic heterocycles. The van der Waals surface area contributed by atoms with Crippen LogP contribution in [0.3, 0.4) is 0 Å². The molecular weight excluding hydrogens is 384 g/mol. The summed E-state index contributed by atoms with van der Waals surface area (Å²) in [6.45, 7) is 4.15. The smallest absolute Gasteiger partial charge is 0.256 e. The number of oxazole rings is 1. The van der Waals surface area contributed by atoms with Crippen molar-refractivity contribution in [1.82, 2.24) is 4.98 Å². The first kappa shape index (κ1) is 19.1. The number of anilines is 1. The van der Waals surface area contributed by atoms with E-state index in [-0.39, 0.29) is 5.91 Å². The molecule has 1 N–H and O–H groups in total. The summed E-state index contributed by atoms with van der Waals surface area (Å²) in [5, 5.41) is 4.99. The summed E-state index contributed by atoms with van der Waals surface area (Å²) in [6.07, 6.45) is 0.602. The molecule has 4 nitrogen and oxygen atoms in total. The number of fused-ring (bicyclic) bond motifs is 2. The third kappa shape index (κ3) is 3.80. The number of carbonyl (C=O) groups is 1. The van der Waals surface area contributed by atoms with Crippen LogP contribution in [0.5, 0.6) is 0 Å². The van der Waals surface area contributed by atoms with Crippen LogP contribution in [0, 0.1) is 13.8 Å². The van der Waals surface area contributed by atoms with Crippen molar-refractivity contribution in [2.75, 3.05) is 5.32 Å². The van der Waals surface area contributed by atoms with Crippen molar-refractivity contribution in [2.24, 2.45) is 0 Å². The lowest BCUT2D eigenvalue weighted by Gasteiger charge is -2.08. The van der Waals surface area contributed by atoms with E-state index in [0.29, 0.717) is 17.9 Å². The van der Waals surface area contributed by atoms with E-state index in [4.69, 9.17) is 4.42 Å². The van der Waals surface area contributed by atoms with E-state index < -0.39 is 0 Å². The van der Waals surface area contributed by atoms with Crippen LogP contribution in [0.1, 0.15) is 32.9 Å². The van der Waals surface area contributed by atoms with E-state index in [1.165, 1.54) is 11.1 Å². The van der Waals surface area contributed by atoms with Gasteiger partial charge in [-0.1, -0.05) is 48.5 Å². The zero-order valence-corrected chi connectivity index (χ0v) is 17.5. The molecule has 31 heavy (non-hydrogen) atoms. The van der Waals surface area contributed by atoms with E-state index in [2.05, 4.69) is 30.2 Å². The third-order valence-corrected chi connectivity index (χ3v) is 5.65. The predicted octanol–water partition coefficient (Wildman–Crippen LogP) is 6.44. The van der Waals surface area contributed by atoms with Crippen LogP contribution in [-0.2, 0) is 6.42 Å². The van der Waals surface area contributed by atoms with Gasteiger partial charge in [-0.25, -0.2) is 4.98 Å². The van der Waals surface area contributed by atoms with Gasteiger partial charge in [0, 0.05) is 17.7 Å². The maximum atomic E-state index is 12.8. The maximum absolute atomic E-state index is 12.8. The van der Waals surface area contributed by atoms with Crippen LogP contribution >= 0.6 is 0 Å². The van der Waals surface area contributed by atoms with Crippen LogP contribution in [0.15, 0.2) is 83.3 Å². The number of nitrogens with one attached hydrogen (secondary N) is 1. The second-order valence-electron chi connectivity index (χ2n) is 7.87. The third-order valence-electron chi connectivity index (χ3n) is 5.65. The number of rotatable bonds is 4. The van der Waals surface area contributed by atoms with Gasteiger partial charge in [-0.05, 0) is 71.6 Å². The average Bonchev–Trinajstić information content (AvgIpc) is 3.15. The quantitative estimate of drug-likeness (QED) is 0.374. The molecule has 1 amide bonds. The molecule has 0 atom stereocenters. The molecule has 152 valence electrons. The van der Waals surface area contributed by atoms with Gasteiger partial charge < -0.3 is 9.73 Å². The Hall–Kier alpha value is -3.92. The van der Waals surface area contributed by atoms with Crippen molar-refractivity contribution in [3.63, 3.8) is 0 Å². The largest absolute Gasteiger partial charge is 0.440 e. The highest BCUT2D eigenvalue weighted by atomic mass is 16.3. The Labute approximate surface area is 180 Å². The topological polar surface area (TPSA) is 55.1 Å². The Kier molecular flexibility index (Phi) is 4.75. The first-order valence-electron chi connectivity index (χ1n) is 10.3. The molecule has 0 unspecified atom stereocenters. The van der Waals surface area contributed by atoms with Crippen LogP contribution in [-0.4, -0.2) is 10.9 Å². The molecule has 0 radical (unpaired) electrons. The lowest BCUT2D eigenvalue weighted by molar-refractivity contribution is 0.102. The highest BCUT2D eigenvalue weighted by molar-refractivity contribution is 6.12. The van der Waals surface area contributed by atoms with E-state index in [1.54, 1.807) is 0 Å². The van der Waals surface area contributed by atoms with E-state index in [1.807, 2.05) is 72.8 Å². The number of aromatic nitrogens is 1. The maximum Gasteiger partial charge on any atom is 0.256 e. The Morgan fingerprint density at radius 2 is 1.65 bits per heavy atom. The van der Waals surface area contributed by atoms with Crippen LogP contribution in [0.25, 0.3) is 21.9 Å². The number of hydrogen-bond donors (Lipinski definition) is 1. The van der Waals surface area contributed by atoms with Crippen molar-refractivity contribution in [1.29, 1.82) is 0 Å². The van der Waals surface area contributed by atoms with Crippen molar-refractivity contribution < 1.29 is 9.21 Å². The van der Waals surface area contributed by atoms with Gasteiger partial charge in [0.1, 0.15) is 5.52 Å². The van der Waals surface area contributed by atoms with Gasteiger partial charge in [-0.2, -0.15) is 0 Å². The minimum absolute atomic E-state index is 0.116. The minimum atomic E-state index is -0.116. The van der Waals surface area contributed by atoms with Crippen molar-refractivity contribution >= 4 is 33.5 Å². The lowest BCUT2D eigenvalue weighted by Crippen LogP contribution is -2.12. The van der Waals surface area contributed by atoms with Crippen LogP contribution in [0.4, 0.5) is 5.69 Å². The fourth-order valence-corrected chi connectivity index (χ4v) is 3.81. The molecule has 0 spiro atoms. The van der Waals surface area contributed by atoms with Crippen molar-refractivity contribution in [3.05, 3.63) is 107 Å². The number of nitrogens with zero attached hydrogens (tertiary/aromatic N) is 1. The monoisotopic (exact) mass is 406 g/mol. The summed E-state index contributed by atoms with van der Waals surface area (Å²) in [4.78, 5) is 17.4. The molecule has 4 aromatic carbocycles. The van der Waals surface area contributed by atoms with Gasteiger partial charge in [0.2, 0.25) is 0 Å². The average molecular weight is 406 g/mol. The van der Waals surface area contributed by atoms with Crippen LogP contribution < -0.4 is 5.32 Å². The molecular formula is C27H22N2O2. The van der Waals surface area contributed by atoms with Gasteiger partial charge in [0.15, 0.2) is 11.5 Å². The fraction of sp³-hybridized carbons (Fsp3) is 0.111. The van der Waals surface area contributed by atoms with E-state index in [0.717, 1.165) is 33.1 Å². The molecule has 5 aromatic rings. The first-order valence-corrected chi connectivity index (χ1v) is 10.3. The summed E-state index contributed by atoms with van der Waals surface area (Å²) < 4.78 is 5.92. The number of hydrogen-bond acceptors (Lipinski definition) is 3. The molecule has 0 aliphatic carbocycles. The van der Waals surface area contributed by atoms with Gasteiger partial charge in [0.25, 0.3) is 5.91 Å². The normalized spacial score (nSPS) is 11.2. The van der Waals surface area contributed by atoms with Crippen LogP contribution in [0.2, 0.25) is 0 Å². The molecule has 0 aliphatic rings. The summed E-state index contributed by atoms with van der Waals surface area (Å²) in [5.41, 5.74) is 6.60. The zero-order chi connectivity index (χ0) is 21.4. The van der Waals surface area contributed by atoms with Gasteiger partial charge in [0.05, 0.1) is 0 Å². The van der Waals surface area contributed by atoms with Crippen molar-refractivity contribution in [2.45, 2.75) is 20.3 Å². The Morgan fingerprint density at radius 3 is 2.48 bits per heavy atom. The Balaban J connectivity index is 1.32. The molecule has 1 heterocycles. The lowest BCUT2D eigenvalue weighted by atomic mass is 10.0. The van der Waals surface area contributed by atoms with Gasteiger partial charge >= 0.3 is 0 Å². The second kappa shape index (κ2) is 7.73. The number of aryl methyl sites for hydroxylation is 2. The van der Waals surface area contributed by atoms with E-state index in [9.17, 15) is 4.79 Å². The SMILES string of the molecule is Cc1cc2nc(Cc3ccc(NC(=O)c4cccc5ccccc45)cc3)oc2cc1C. The molecule has 0 bridgehead atoms. The molecule has 0 aliphatic heterocycles. The number of amides is 1. The summed E-state index contributed by atoms with van der Waals surface area (Å²) in [6, 6.07) is 25.6. The molecule has 0 saturated heterocycles. The molecule has 0 fully saturated rings. The van der Waals surface area contributed by atoms with Crippen molar-refractivity contribution in [3.8, 4) is 0 Å². The molecule has 5 rings (SSSR count). The summed E-state index contributed by atoms with van der Waals surface area (Å²) in [7, 11) is 0. The van der Waals surface area contributed by atoms with Gasteiger partial charge in [-0.3, -0.25) is 4.79 Å². The predicted molar refractivity (Wildman–Crippen MR) is 125 cm³/mol. The summed E-state index contributed by atoms with van der Waals surface area (Å²) in [5.74, 6) is 0.571. The van der Waals surface area contributed by atoms with E-state index >= 15 is 0 Å². The number of carbonyl (C=O) groups excluding carboxylic acids is 1. The number of benzene rings is 4. The second-order valence-corrected chi connectivity index (χ2v) is 7.87. The van der Waals surface area contributed by atoms with Gasteiger partial charge in [-0.15, -0.1) is 0 Å². The highest BCUT2D eigenvalue weighted by Crippen LogP contribution is 2.23. The standard InChI is InChI=1S/C27H22N2O2/c1-17-14-24-25(15-18(17)2)31-26(29-24)16-19-10-12-21(13-11-19)28-27(30)23-9-5-7-20-6-3-4-8-22(20)23/h3-15H,16H2,1-2H3,(H,28,30). The Morgan fingerprint density at radius 1 is 0.903 bits per heavy atom. The molecule has 0 saturated carbocycles. The summed E-state index contributed by atoms with van der Waals surface area (Å²) >= 11 is 0. The zero-order valence-electron chi connectivity index (χ0n) is 17.5. The molecule has 4 heteroatoms. The fourth-order valence-electron chi connectivity index (χ4n) is 3.81.